The fourth-order valence-electron chi connectivity index (χ4n) is 2.17. The van der Waals surface area contributed by atoms with Crippen molar-refractivity contribution in [2.45, 2.75) is 26.3 Å². The Morgan fingerprint density at radius 1 is 1.19 bits per heavy atom. The van der Waals surface area contributed by atoms with Gasteiger partial charge in [0, 0.05) is 0 Å². The molecule has 1 aromatic carbocycles. The first-order valence-corrected chi connectivity index (χ1v) is 7.84. The maximum absolute atomic E-state index is 13.5. The van der Waals surface area contributed by atoms with Gasteiger partial charge in [0.05, 0.1) is 24.8 Å². The van der Waals surface area contributed by atoms with Crippen molar-refractivity contribution in [3.63, 3.8) is 0 Å². The highest BCUT2D eigenvalue weighted by Crippen LogP contribution is 2.19. The van der Waals surface area contributed by atoms with Crippen molar-refractivity contribution in [1.82, 2.24) is 10.2 Å². The first-order valence-electron chi connectivity index (χ1n) is 7.84. The normalized spacial score (nSPS) is 11.9. The molecule has 0 aliphatic carbocycles. The van der Waals surface area contributed by atoms with Crippen molar-refractivity contribution in [3.05, 3.63) is 29.6 Å². The van der Waals surface area contributed by atoms with Crippen molar-refractivity contribution >= 4 is 23.5 Å². The number of halogens is 3. The van der Waals surface area contributed by atoms with Crippen molar-refractivity contribution in [2.75, 3.05) is 25.0 Å². The molecule has 10 heteroatoms. The van der Waals surface area contributed by atoms with Crippen LogP contribution in [0.2, 0.25) is 0 Å². The minimum absolute atomic E-state index is 0.339. The zero-order chi connectivity index (χ0) is 19.9. The molecule has 1 rings (SSSR count). The molecule has 0 bridgehead atoms. The summed E-state index contributed by atoms with van der Waals surface area (Å²) in [5.41, 5.74) is -0.560. The molecule has 7 nitrogen and oxygen atoms in total. The van der Waals surface area contributed by atoms with Crippen LogP contribution >= 0.6 is 0 Å². The lowest BCUT2D eigenvalue weighted by Gasteiger charge is -2.26. The number of benzene rings is 1. The Kier molecular flexibility index (Phi) is 8.04. The zero-order valence-electron chi connectivity index (χ0n) is 14.3. The molecule has 0 fully saturated rings. The lowest BCUT2D eigenvalue weighted by molar-refractivity contribution is -0.140. The van der Waals surface area contributed by atoms with Crippen LogP contribution in [0.4, 0.5) is 18.9 Å². The van der Waals surface area contributed by atoms with Gasteiger partial charge in [-0.25, -0.2) is 13.2 Å². The zero-order valence-corrected chi connectivity index (χ0v) is 14.3. The molecule has 0 aromatic heterocycles. The van der Waals surface area contributed by atoms with E-state index in [-0.39, 0.29) is 6.54 Å². The van der Waals surface area contributed by atoms with Gasteiger partial charge in [-0.15, -0.1) is 0 Å². The number of carbonyl (C=O) groups excluding carboxylic acids is 2. The summed E-state index contributed by atoms with van der Waals surface area (Å²) in [6.45, 7) is 2.79. The number of nitrogens with zero attached hydrogens (tertiary/aromatic N) is 1. The van der Waals surface area contributed by atoms with Crippen LogP contribution in [-0.2, 0) is 14.4 Å². The summed E-state index contributed by atoms with van der Waals surface area (Å²) in [5, 5.41) is 13.2. The van der Waals surface area contributed by atoms with E-state index < -0.39 is 53.5 Å². The Morgan fingerprint density at radius 3 is 2.42 bits per heavy atom. The molecule has 0 saturated heterocycles. The molecular formula is C16H20F3N3O4. The smallest absolute Gasteiger partial charge is 0.317 e. The SMILES string of the molecule is CCCN(CC(=O)O)C(C)C(=O)NCC(=O)Nc1ccc(F)c(F)c1F. The Labute approximate surface area is 148 Å². The Hall–Kier alpha value is -2.62. The van der Waals surface area contributed by atoms with Crippen LogP contribution in [0, 0.1) is 17.5 Å². The van der Waals surface area contributed by atoms with Gasteiger partial charge in [-0.2, -0.15) is 0 Å². The van der Waals surface area contributed by atoms with Gasteiger partial charge in [0.2, 0.25) is 11.8 Å². The van der Waals surface area contributed by atoms with Crippen LogP contribution in [0.25, 0.3) is 0 Å². The number of amides is 2. The summed E-state index contributed by atoms with van der Waals surface area (Å²) >= 11 is 0. The first kappa shape index (κ1) is 21.4. The molecule has 144 valence electrons. The van der Waals surface area contributed by atoms with E-state index in [4.69, 9.17) is 5.11 Å². The maximum atomic E-state index is 13.5. The largest absolute Gasteiger partial charge is 0.480 e. The number of anilines is 1. The van der Waals surface area contributed by atoms with E-state index in [9.17, 15) is 27.6 Å². The molecule has 3 N–H and O–H groups in total. The highest BCUT2D eigenvalue weighted by molar-refractivity contribution is 5.95. The minimum atomic E-state index is -1.72. The standard InChI is InChI=1S/C16H20F3N3O4/c1-3-6-22(8-13(24)25)9(2)16(26)20-7-12(23)21-11-5-4-10(17)14(18)15(11)19/h4-5,9H,3,6-8H2,1-2H3,(H,20,26)(H,21,23)(H,24,25). The lowest BCUT2D eigenvalue weighted by atomic mass is 10.2. The molecule has 0 heterocycles. The molecule has 0 aliphatic heterocycles. The van der Waals surface area contributed by atoms with Gasteiger partial charge in [0.25, 0.3) is 0 Å². The molecular weight excluding hydrogens is 355 g/mol. The topological polar surface area (TPSA) is 98.7 Å². The fraction of sp³-hybridized carbons (Fsp3) is 0.438. The van der Waals surface area contributed by atoms with Crippen LogP contribution in [0.3, 0.4) is 0 Å². The Morgan fingerprint density at radius 2 is 1.85 bits per heavy atom. The van der Waals surface area contributed by atoms with Gasteiger partial charge in [-0.1, -0.05) is 6.92 Å². The highest BCUT2D eigenvalue weighted by atomic mass is 19.2. The van der Waals surface area contributed by atoms with E-state index in [1.807, 2.05) is 12.2 Å². The van der Waals surface area contributed by atoms with E-state index >= 15 is 0 Å². The third-order valence-corrected chi connectivity index (χ3v) is 3.51. The van der Waals surface area contributed by atoms with Gasteiger partial charge >= 0.3 is 5.97 Å². The summed E-state index contributed by atoms with van der Waals surface area (Å²) in [7, 11) is 0. The summed E-state index contributed by atoms with van der Waals surface area (Å²) in [5.74, 6) is -7.20. The van der Waals surface area contributed by atoms with Crippen LogP contribution in [0.5, 0.6) is 0 Å². The second-order valence-corrected chi connectivity index (χ2v) is 5.53. The van der Waals surface area contributed by atoms with Crippen molar-refractivity contribution in [1.29, 1.82) is 0 Å². The monoisotopic (exact) mass is 375 g/mol. The second kappa shape index (κ2) is 9.76. The van der Waals surface area contributed by atoms with Crippen LogP contribution in [-0.4, -0.2) is 53.5 Å². The van der Waals surface area contributed by atoms with Crippen molar-refractivity contribution in [3.8, 4) is 0 Å². The molecule has 0 saturated carbocycles. The van der Waals surface area contributed by atoms with Gasteiger partial charge in [0.1, 0.15) is 0 Å². The number of aliphatic carboxylic acids is 1. The van der Waals surface area contributed by atoms with Crippen LogP contribution < -0.4 is 10.6 Å². The van der Waals surface area contributed by atoms with Crippen molar-refractivity contribution in [2.24, 2.45) is 0 Å². The number of nitrogens with one attached hydrogen (secondary N) is 2. The molecule has 0 radical (unpaired) electrons. The van der Waals surface area contributed by atoms with E-state index in [1.54, 1.807) is 0 Å². The van der Waals surface area contributed by atoms with E-state index in [0.29, 0.717) is 19.0 Å². The lowest BCUT2D eigenvalue weighted by Crippen LogP contribution is -2.48. The quantitative estimate of drug-likeness (QED) is 0.566. The van der Waals surface area contributed by atoms with Gasteiger partial charge < -0.3 is 15.7 Å². The van der Waals surface area contributed by atoms with E-state index in [2.05, 4.69) is 5.32 Å². The molecule has 1 aromatic rings. The summed E-state index contributed by atoms with van der Waals surface area (Å²) in [4.78, 5) is 36.1. The number of carboxylic acids is 1. The average Bonchev–Trinajstić information content (AvgIpc) is 2.58. The molecule has 2 amide bonds. The molecule has 0 aliphatic rings. The molecule has 26 heavy (non-hydrogen) atoms. The number of hydrogen-bond donors (Lipinski definition) is 3. The van der Waals surface area contributed by atoms with Gasteiger partial charge in [-0.3, -0.25) is 19.3 Å². The molecule has 0 spiro atoms. The number of rotatable bonds is 9. The van der Waals surface area contributed by atoms with Crippen LogP contribution in [0.15, 0.2) is 12.1 Å². The Bertz CT molecular complexity index is 685. The van der Waals surface area contributed by atoms with Gasteiger partial charge in [-0.05, 0) is 32.0 Å². The van der Waals surface area contributed by atoms with E-state index in [1.165, 1.54) is 11.8 Å². The van der Waals surface area contributed by atoms with Crippen molar-refractivity contribution < 1.29 is 32.7 Å². The number of carbonyl (C=O) groups is 3. The summed E-state index contributed by atoms with van der Waals surface area (Å²) < 4.78 is 39.4. The molecule has 1 unspecified atom stereocenters. The first-order chi connectivity index (χ1) is 12.2. The predicted molar refractivity (Wildman–Crippen MR) is 86.9 cm³/mol. The third kappa shape index (κ3) is 6.03. The Balaban J connectivity index is 2.62. The number of hydrogen-bond acceptors (Lipinski definition) is 4. The number of carboxylic acid groups (broad SMARTS) is 1. The summed E-state index contributed by atoms with van der Waals surface area (Å²) in [6, 6.07) is 0.702. The van der Waals surface area contributed by atoms with E-state index in [0.717, 1.165) is 6.07 Å². The predicted octanol–water partition coefficient (Wildman–Crippen LogP) is 1.34. The average molecular weight is 375 g/mol. The maximum Gasteiger partial charge on any atom is 0.317 e. The van der Waals surface area contributed by atoms with Gasteiger partial charge in [0.15, 0.2) is 17.5 Å². The summed E-state index contributed by atoms with van der Waals surface area (Å²) in [6.07, 6.45) is 0.626. The highest BCUT2D eigenvalue weighted by Gasteiger charge is 2.23. The fourth-order valence-corrected chi connectivity index (χ4v) is 2.17. The minimum Gasteiger partial charge on any atom is -0.480 e. The molecule has 1 atom stereocenters. The second-order valence-electron chi connectivity index (χ2n) is 5.53. The van der Waals surface area contributed by atoms with Crippen LogP contribution in [0.1, 0.15) is 20.3 Å². The third-order valence-electron chi connectivity index (χ3n) is 3.51.